The number of hydrogen-bond acceptors (Lipinski definition) is 2. The van der Waals surface area contributed by atoms with Gasteiger partial charge in [0.25, 0.3) is 0 Å². The van der Waals surface area contributed by atoms with Gasteiger partial charge in [0.05, 0.1) is 0 Å². The second-order valence-corrected chi connectivity index (χ2v) is 8.89. The summed E-state index contributed by atoms with van der Waals surface area (Å²) in [6, 6.07) is 0. The highest BCUT2D eigenvalue weighted by Crippen LogP contribution is 2.64. The van der Waals surface area contributed by atoms with Crippen LogP contribution in [0.1, 0.15) is 65.2 Å². The highest BCUT2D eigenvalue weighted by atomic mass is 16.3. The van der Waals surface area contributed by atoms with E-state index in [1.54, 1.807) is 11.1 Å². The van der Waals surface area contributed by atoms with E-state index in [9.17, 15) is 9.90 Å². The molecule has 0 radical (unpaired) electrons. The third-order valence-electron chi connectivity index (χ3n) is 8.03. The largest absolute Gasteiger partial charge is 0.389 e. The van der Waals surface area contributed by atoms with Crippen LogP contribution in [-0.2, 0) is 4.79 Å². The molecule has 4 rings (SSSR count). The number of aliphatic hydroxyl groups is 1. The molecule has 0 aromatic rings. The number of rotatable bonds is 2. The lowest BCUT2D eigenvalue weighted by molar-refractivity contribution is -0.129. The second-order valence-electron chi connectivity index (χ2n) is 8.89. The van der Waals surface area contributed by atoms with Gasteiger partial charge in [-0.05, 0) is 67.6 Å². The second kappa shape index (κ2) is 5.31. The first-order valence-corrected chi connectivity index (χ1v) is 9.55. The molecule has 0 spiro atoms. The fourth-order valence-corrected chi connectivity index (χ4v) is 6.68. The van der Waals surface area contributed by atoms with Crippen LogP contribution < -0.4 is 0 Å². The SMILES string of the molecule is C[C@]12CC[C@H]3C(=CC=C4CCCC[C@@]43C)[C@@H]1CC[C@@H]2C(=O)CO. The molecule has 3 saturated carbocycles. The summed E-state index contributed by atoms with van der Waals surface area (Å²) in [7, 11) is 0. The van der Waals surface area contributed by atoms with Gasteiger partial charge in [-0.25, -0.2) is 0 Å². The van der Waals surface area contributed by atoms with E-state index >= 15 is 0 Å². The van der Waals surface area contributed by atoms with Gasteiger partial charge in [0.2, 0.25) is 0 Å². The molecule has 0 amide bonds. The number of carbonyl (C=O) groups excluding carboxylic acids is 1. The minimum Gasteiger partial charge on any atom is -0.389 e. The number of carbonyl (C=O) groups is 1. The number of ketones is 1. The maximum absolute atomic E-state index is 12.2. The van der Waals surface area contributed by atoms with Crippen molar-refractivity contribution in [3.8, 4) is 0 Å². The van der Waals surface area contributed by atoms with Crippen molar-refractivity contribution in [2.75, 3.05) is 6.61 Å². The van der Waals surface area contributed by atoms with E-state index in [0.717, 1.165) is 19.3 Å². The third kappa shape index (κ3) is 2.06. The average molecular weight is 314 g/mol. The Kier molecular flexibility index (Phi) is 3.61. The summed E-state index contributed by atoms with van der Waals surface area (Å²) >= 11 is 0. The fourth-order valence-electron chi connectivity index (χ4n) is 6.68. The highest BCUT2D eigenvalue weighted by Gasteiger charge is 2.57. The third-order valence-corrected chi connectivity index (χ3v) is 8.03. The van der Waals surface area contributed by atoms with Crippen molar-refractivity contribution in [2.24, 2.45) is 28.6 Å². The lowest BCUT2D eigenvalue weighted by atomic mass is 9.50. The van der Waals surface area contributed by atoms with E-state index < -0.39 is 0 Å². The van der Waals surface area contributed by atoms with Crippen LogP contribution in [0.3, 0.4) is 0 Å². The quantitative estimate of drug-likeness (QED) is 0.818. The van der Waals surface area contributed by atoms with Crippen LogP contribution in [0.5, 0.6) is 0 Å². The Hall–Kier alpha value is -0.890. The Balaban J connectivity index is 1.70. The normalized spacial score (nSPS) is 45.4. The van der Waals surface area contributed by atoms with Crippen LogP contribution in [0.2, 0.25) is 0 Å². The van der Waals surface area contributed by atoms with Gasteiger partial charge in [-0.1, -0.05) is 43.6 Å². The average Bonchev–Trinajstić information content (AvgIpc) is 2.91. The fraction of sp³-hybridized carbons (Fsp3) is 0.762. The first-order valence-electron chi connectivity index (χ1n) is 9.55. The van der Waals surface area contributed by atoms with Crippen LogP contribution in [0.15, 0.2) is 23.3 Å². The number of fused-ring (bicyclic) bond motifs is 5. The van der Waals surface area contributed by atoms with Crippen LogP contribution in [0, 0.1) is 28.6 Å². The predicted molar refractivity (Wildman–Crippen MR) is 91.9 cm³/mol. The Morgan fingerprint density at radius 1 is 1.13 bits per heavy atom. The van der Waals surface area contributed by atoms with E-state index in [0.29, 0.717) is 17.3 Å². The molecule has 0 heterocycles. The molecule has 1 N–H and O–H groups in total. The van der Waals surface area contributed by atoms with Gasteiger partial charge in [-0.2, -0.15) is 0 Å². The monoisotopic (exact) mass is 314 g/mol. The molecule has 2 heteroatoms. The molecule has 0 unspecified atom stereocenters. The topological polar surface area (TPSA) is 37.3 Å². The maximum atomic E-state index is 12.2. The molecule has 3 fully saturated rings. The summed E-state index contributed by atoms with van der Waals surface area (Å²) in [5.41, 5.74) is 3.78. The summed E-state index contributed by atoms with van der Waals surface area (Å²) in [6.45, 7) is 4.54. The van der Waals surface area contributed by atoms with Gasteiger partial charge in [0, 0.05) is 5.92 Å². The molecule has 23 heavy (non-hydrogen) atoms. The Morgan fingerprint density at radius 3 is 2.74 bits per heavy atom. The van der Waals surface area contributed by atoms with E-state index in [1.165, 1.54) is 32.1 Å². The van der Waals surface area contributed by atoms with Crippen molar-refractivity contribution in [1.29, 1.82) is 0 Å². The van der Waals surface area contributed by atoms with Crippen LogP contribution in [0.4, 0.5) is 0 Å². The molecule has 5 atom stereocenters. The molecular weight excluding hydrogens is 284 g/mol. The molecule has 0 aromatic heterocycles. The lowest BCUT2D eigenvalue weighted by Gasteiger charge is -2.54. The molecule has 2 nitrogen and oxygen atoms in total. The van der Waals surface area contributed by atoms with Gasteiger partial charge in [0.1, 0.15) is 6.61 Å². The molecule has 4 aliphatic rings. The zero-order chi connectivity index (χ0) is 16.2. The van der Waals surface area contributed by atoms with Gasteiger partial charge in [0.15, 0.2) is 5.78 Å². The number of allylic oxidation sites excluding steroid dienone is 4. The minimum atomic E-state index is -0.281. The van der Waals surface area contributed by atoms with Crippen molar-refractivity contribution >= 4 is 5.78 Å². The molecule has 0 aliphatic heterocycles. The van der Waals surface area contributed by atoms with Crippen LogP contribution >= 0.6 is 0 Å². The molecule has 126 valence electrons. The number of hydrogen-bond donors (Lipinski definition) is 1. The molecule has 0 bridgehead atoms. The number of aliphatic hydroxyl groups excluding tert-OH is 1. The predicted octanol–water partition coefficient (Wildman–Crippen LogP) is 4.44. The van der Waals surface area contributed by atoms with Crippen molar-refractivity contribution in [3.63, 3.8) is 0 Å². The molecule has 0 saturated heterocycles. The summed E-state index contributed by atoms with van der Waals surface area (Å²) in [5, 5.41) is 9.35. The Labute approximate surface area is 140 Å². The number of Topliss-reactive ketones (excluding diaryl/α,β-unsaturated/α-hetero) is 1. The summed E-state index contributed by atoms with van der Waals surface area (Å²) in [6.07, 6.45) is 14.7. The minimum absolute atomic E-state index is 0.0730. The van der Waals surface area contributed by atoms with E-state index in [2.05, 4.69) is 26.0 Å². The highest BCUT2D eigenvalue weighted by molar-refractivity contribution is 5.83. The van der Waals surface area contributed by atoms with Crippen LogP contribution in [0.25, 0.3) is 0 Å². The van der Waals surface area contributed by atoms with Gasteiger partial charge < -0.3 is 5.11 Å². The zero-order valence-electron chi connectivity index (χ0n) is 14.6. The summed E-state index contributed by atoms with van der Waals surface area (Å²) < 4.78 is 0. The maximum Gasteiger partial charge on any atom is 0.161 e. The Bertz CT molecular complexity index is 587. The van der Waals surface area contributed by atoms with Crippen molar-refractivity contribution < 1.29 is 9.90 Å². The van der Waals surface area contributed by atoms with Crippen LogP contribution in [-0.4, -0.2) is 17.5 Å². The van der Waals surface area contributed by atoms with Crippen molar-refractivity contribution in [3.05, 3.63) is 23.3 Å². The summed E-state index contributed by atoms with van der Waals surface area (Å²) in [4.78, 5) is 12.2. The van der Waals surface area contributed by atoms with E-state index in [1.807, 2.05) is 0 Å². The van der Waals surface area contributed by atoms with Gasteiger partial charge in [-0.15, -0.1) is 0 Å². The first-order chi connectivity index (χ1) is 11.0. The van der Waals surface area contributed by atoms with Gasteiger partial charge in [-0.3, -0.25) is 4.79 Å². The molecule has 0 aromatic carbocycles. The first kappa shape index (κ1) is 15.6. The van der Waals surface area contributed by atoms with Gasteiger partial charge >= 0.3 is 0 Å². The lowest BCUT2D eigenvalue weighted by Crippen LogP contribution is -2.46. The van der Waals surface area contributed by atoms with E-state index in [-0.39, 0.29) is 23.7 Å². The summed E-state index contributed by atoms with van der Waals surface area (Å²) in [5.74, 6) is 1.40. The standard InChI is InChI=1S/C21H30O2/c1-20-11-4-3-5-14(20)6-7-15-16-8-9-18(19(23)13-22)21(16,2)12-10-17(15)20/h6-7,16-18,22H,3-5,8-13H2,1-2H3/t16-,17-,18+,20-,21-/m0/s1. The molecular formula is C21H30O2. The van der Waals surface area contributed by atoms with E-state index in [4.69, 9.17) is 0 Å². The molecule has 4 aliphatic carbocycles. The Morgan fingerprint density at radius 2 is 1.96 bits per heavy atom. The zero-order valence-corrected chi connectivity index (χ0v) is 14.6. The smallest absolute Gasteiger partial charge is 0.161 e. The van der Waals surface area contributed by atoms with Crippen molar-refractivity contribution in [1.82, 2.24) is 0 Å². The van der Waals surface area contributed by atoms with Crippen molar-refractivity contribution in [2.45, 2.75) is 65.2 Å².